The summed E-state index contributed by atoms with van der Waals surface area (Å²) < 4.78 is 7.26. The number of aliphatic hydroxyl groups excluding tert-OH is 3. The summed E-state index contributed by atoms with van der Waals surface area (Å²) in [5.74, 6) is 1.11. The predicted molar refractivity (Wildman–Crippen MR) is 137 cm³/mol. The van der Waals surface area contributed by atoms with Crippen LogP contribution in [0.2, 0.25) is 0 Å². The van der Waals surface area contributed by atoms with Gasteiger partial charge in [-0.15, -0.1) is 0 Å². The lowest BCUT2D eigenvalue weighted by Crippen LogP contribution is -2.33. The molecule has 1 saturated heterocycles. The van der Waals surface area contributed by atoms with Gasteiger partial charge in [-0.3, -0.25) is 4.57 Å². The zero-order valence-corrected chi connectivity index (χ0v) is 20.1. The number of aromatic hydroxyl groups is 1. The van der Waals surface area contributed by atoms with Crippen molar-refractivity contribution in [2.75, 3.05) is 30.3 Å². The Balaban J connectivity index is 1.39. The first-order valence-corrected chi connectivity index (χ1v) is 12.2. The Morgan fingerprint density at radius 2 is 1.57 bits per heavy atom. The second kappa shape index (κ2) is 11.1. The Morgan fingerprint density at radius 3 is 2.27 bits per heavy atom. The van der Waals surface area contributed by atoms with Crippen molar-refractivity contribution in [3.8, 4) is 5.75 Å². The van der Waals surface area contributed by atoms with Crippen molar-refractivity contribution >= 4 is 22.9 Å². The van der Waals surface area contributed by atoms with Gasteiger partial charge in [0.05, 0.1) is 12.9 Å². The van der Waals surface area contributed by atoms with Crippen LogP contribution >= 0.6 is 0 Å². The Labute approximate surface area is 213 Å². The molecule has 3 heterocycles. The average molecular weight is 507 g/mol. The summed E-state index contributed by atoms with van der Waals surface area (Å²) >= 11 is 0. The first kappa shape index (κ1) is 24.9. The Hall–Kier alpha value is -3.77. The molecule has 1 fully saturated rings. The number of phenols is 1. The topological polar surface area (TPSA) is 158 Å². The van der Waals surface area contributed by atoms with Gasteiger partial charge >= 0.3 is 0 Å². The molecule has 2 aromatic heterocycles. The van der Waals surface area contributed by atoms with E-state index in [0.717, 1.165) is 12.0 Å². The molecule has 11 heteroatoms. The van der Waals surface area contributed by atoms with Crippen LogP contribution in [0, 0.1) is 0 Å². The number of hydrogen-bond donors (Lipinski definition) is 6. The Kier molecular flexibility index (Phi) is 7.47. The van der Waals surface area contributed by atoms with Crippen LogP contribution in [0.3, 0.4) is 0 Å². The van der Waals surface area contributed by atoms with Gasteiger partial charge in [0.25, 0.3) is 0 Å². The third kappa shape index (κ3) is 5.49. The minimum Gasteiger partial charge on any atom is -0.508 e. The number of anilines is 2. The fraction of sp³-hybridized carbons (Fsp3) is 0.346. The van der Waals surface area contributed by atoms with E-state index in [4.69, 9.17) is 4.74 Å². The maximum absolute atomic E-state index is 10.6. The van der Waals surface area contributed by atoms with E-state index in [1.165, 1.54) is 11.9 Å². The van der Waals surface area contributed by atoms with Crippen molar-refractivity contribution in [3.05, 3.63) is 72.1 Å². The summed E-state index contributed by atoms with van der Waals surface area (Å²) in [5, 5.41) is 46.4. The van der Waals surface area contributed by atoms with Crippen LogP contribution in [0.25, 0.3) is 11.2 Å². The molecule has 11 nitrogen and oxygen atoms in total. The second-order valence-corrected chi connectivity index (χ2v) is 8.95. The highest BCUT2D eigenvalue weighted by molar-refractivity contribution is 5.84. The van der Waals surface area contributed by atoms with E-state index < -0.39 is 31.1 Å². The number of phenolic OH excluding ortho intramolecular Hbond substituents is 1. The van der Waals surface area contributed by atoms with Crippen molar-refractivity contribution < 1.29 is 25.2 Å². The molecule has 1 aliphatic rings. The van der Waals surface area contributed by atoms with Crippen LogP contribution in [0.15, 0.2) is 60.9 Å². The first-order chi connectivity index (χ1) is 18.0. The van der Waals surface area contributed by atoms with Gasteiger partial charge in [0, 0.05) is 13.1 Å². The number of imidazole rings is 1. The third-order valence-corrected chi connectivity index (χ3v) is 6.39. The molecule has 4 atom stereocenters. The van der Waals surface area contributed by atoms with Gasteiger partial charge in [-0.05, 0) is 36.1 Å². The van der Waals surface area contributed by atoms with Crippen molar-refractivity contribution in [1.82, 2.24) is 19.5 Å². The second-order valence-electron chi connectivity index (χ2n) is 8.95. The van der Waals surface area contributed by atoms with Gasteiger partial charge in [0.1, 0.15) is 24.1 Å². The monoisotopic (exact) mass is 506 g/mol. The number of nitrogens with one attached hydrogen (secondary N) is 2. The zero-order chi connectivity index (χ0) is 25.8. The smallest absolute Gasteiger partial charge is 0.226 e. The first-order valence-electron chi connectivity index (χ1n) is 12.2. The Bertz CT molecular complexity index is 1320. The van der Waals surface area contributed by atoms with Crippen molar-refractivity contribution in [2.45, 2.75) is 37.4 Å². The SMILES string of the molecule is OC[C@H]1OC(n2cnc3c(NCCc4ccc(O)cc4)nc(NCCc4ccccc4)nc32)[C@H](O)[C@@H]1O. The lowest BCUT2D eigenvalue weighted by Gasteiger charge is -2.17. The molecule has 2 aromatic carbocycles. The van der Waals surface area contributed by atoms with Crippen molar-refractivity contribution in [1.29, 1.82) is 0 Å². The molecule has 194 valence electrons. The number of ether oxygens (including phenoxy) is 1. The van der Waals surface area contributed by atoms with Crippen LogP contribution in [0.4, 0.5) is 11.8 Å². The summed E-state index contributed by atoms with van der Waals surface area (Å²) in [6, 6.07) is 17.1. The number of fused-ring (bicyclic) bond motifs is 1. The van der Waals surface area contributed by atoms with E-state index in [1.807, 2.05) is 30.3 Å². The third-order valence-electron chi connectivity index (χ3n) is 6.39. The largest absolute Gasteiger partial charge is 0.508 e. The zero-order valence-electron chi connectivity index (χ0n) is 20.1. The maximum atomic E-state index is 10.6. The average Bonchev–Trinajstić information content (AvgIpc) is 3.46. The molecule has 5 rings (SSSR count). The summed E-state index contributed by atoms with van der Waals surface area (Å²) in [7, 11) is 0. The molecular weight excluding hydrogens is 476 g/mol. The van der Waals surface area contributed by atoms with Gasteiger partial charge in [-0.25, -0.2) is 4.98 Å². The van der Waals surface area contributed by atoms with E-state index in [0.29, 0.717) is 42.4 Å². The molecule has 0 spiro atoms. The summed E-state index contributed by atoms with van der Waals surface area (Å²) in [4.78, 5) is 13.7. The van der Waals surface area contributed by atoms with Crippen LogP contribution in [-0.2, 0) is 17.6 Å². The fourth-order valence-corrected chi connectivity index (χ4v) is 4.37. The van der Waals surface area contributed by atoms with Crippen molar-refractivity contribution in [3.63, 3.8) is 0 Å². The number of rotatable bonds is 10. The standard InChI is InChI=1S/C26H30N6O5/c33-14-19-21(35)22(36)25(37-19)32-15-29-20-23(27-12-10-17-6-8-18(34)9-7-17)30-26(31-24(20)32)28-13-11-16-4-2-1-3-5-16/h1-9,15,19,21-22,25,33-36H,10-14H2,(H2,27,28,30,31)/t19-,21-,22-,25?/m1/s1. The molecule has 1 unspecified atom stereocenters. The fourth-order valence-electron chi connectivity index (χ4n) is 4.37. The molecule has 0 aliphatic carbocycles. The number of nitrogens with zero attached hydrogens (tertiary/aromatic N) is 4. The number of benzene rings is 2. The molecule has 37 heavy (non-hydrogen) atoms. The van der Waals surface area contributed by atoms with Crippen LogP contribution in [-0.4, -0.2) is 78.0 Å². The summed E-state index contributed by atoms with van der Waals surface area (Å²) in [6.45, 7) is 0.734. The lowest BCUT2D eigenvalue weighted by molar-refractivity contribution is -0.0511. The molecule has 0 radical (unpaired) electrons. The van der Waals surface area contributed by atoms with Gasteiger partial charge in [0.2, 0.25) is 5.95 Å². The van der Waals surface area contributed by atoms with E-state index in [-0.39, 0.29) is 5.75 Å². The quantitative estimate of drug-likeness (QED) is 0.186. The van der Waals surface area contributed by atoms with Gasteiger partial charge in [-0.2, -0.15) is 9.97 Å². The van der Waals surface area contributed by atoms with E-state index in [9.17, 15) is 20.4 Å². The maximum Gasteiger partial charge on any atom is 0.226 e. The van der Waals surface area contributed by atoms with E-state index in [1.54, 1.807) is 16.7 Å². The molecule has 0 bridgehead atoms. The highest BCUT2D eigenvalue weighted by atomic mass is 16.6. The lowest BCUT2D eigenvalue weighted by atomic mass is 10.1. The molecule has 4 aromatic rings. The minimum atomic E-state index is -1.26. The van der Waals surface area contributed by atoms with Crippen LogP contribution in [0.1, 0.15) is 17.4 Å². The number of aliphatic hydroxyl groups is 3. The van der Waals surface area contributed by atoms with Gasteiger partial charge in [-0.1, -0.05) is 42.5 Å². The van der Waals surface area contributed by atoms with Gasteiger partial charge in [0.15, 0.2) is 23.2 Å². The molecule has 0 amide bonds. The highest BCUT2D eigenvalue weighted by Crippen LogP contribution is 2.32. The molecular formula is C26H30N6O5. The predicted octanol–water partition coefficient (Wildman–Crippen LogP) is 1.45. The van der Waals surface area contributed by atoms with E-state index >= 15 is 0 Å². The summed E-state index contributed by atoms with van der Waals surface area (Å²) in [5.41, 5.74) is 3.13. The van der Waals surface area contributed by atoms with E-state index in [2.05, 4.69) is 37.7 Å². The number of aromatic nitrogens is 4. The Morgan fingerprint density at radius 1 is 0.865 bits per heavy atom. The number of hydrogen-bond acceptors (Lipinski definition) is 10. The highest BCUT2D eigenvalue weighted by Gasteiger charge is 2.44. The molecule has 0 saturated carbocycles. The molecule has 1 aliphatic heterocycles. The molecule has 6 N–H and O–H groups in total. The minimum absolute atomic E-state index is 0.218. The normalized spacial score (nSPS) is 21.4. The van der Waals surface area contributed by atoms with Gasteiger partial charge < -0.3 is 35.8 Å². The van der Waals surface area contributed by atoms with Crippen molar-refractivity contribution in [2.24, 2.45) is 0 Å². The van der Waals surface area contributed by atoms with Crippen LogP contribution < -0.4 is 10.6 Å². The van der Waals surface area contributed by atoms with Crippen LogP contribution in [0.5, 0.6) is 5.75 Å². The summed E-state index contributed by atoms with van der Waals surface area (Å²) in [6.07, 6.45) is -1.42.